The number of amides is 2. The fourth-order valence-electron chi connectivity index (χ4n) is 2.54. The second-order valence-corrected chi connectivity index (χ2v) is 5.84. The fraction of sp³-hybridized carbons (Fsp3) is 0.176. The first-order valence-corrected chi connectivity index (χ1v) is 7.37. The Labute approximate surface area is 133 Å². The minimum Gasteiger partial charge on any atom is -0.326 e. The quantitative estimate of drug-likeness (QED) is 0.913. The van der Waals surface area contributed by atoms with Crippen molar-refractivity contribution in [1.29, 1.82) is 0 Å². The molecular weight excluding hydrogens is 300 g/mol. The van der Waals surface area contributed by atoms with Crippen molar-refractivity contribution < 1.29 is 9.59 Å². The van der Waals surface area contributed by atoms with E-state index in [2.05, 4.69) is 10.6 Å². The van der Waals surface area contributed by atoms with Gasteiger partial charge in [-0.3, -0.25) is 9.59 Å². The molecule has 22 heavy (non-hydrogen) atoms. The zero-order valence-corrected chi connectivity index (χ0v) is 12.8. The molecule has 1 aliphatic rings. The summed E-state index contributed by atoms with van der Waals surface area (Å²) >= 11 is 5.90. The third-order valence-electron chi connectivity index (χ3n) is 3.62. The Hall–Kier alpha value is -2.33. The van der Waals surface area contributed by atoms with Crippen molar-refractivity contribution in [2.24, 2.45) is 0 Å². The first-order chi connectivity index (χ1) is 10.5. The van der Waals surface area contributed by atoms with Crippen LogP contribution < -0.4 is 10.6 Å². The molecule has 0 saturated carbocycles. The minimum atomic E-state index is -0.0948. The molecule has 0 unspecified atom stereocenters. The number of carbonyl (C=O) groups excluding carboxylic acids is 2. The van der Waals surface area contributed by atoms with E-state index in [0.29, 0.717) is 11.4 Å². The van der Waals surface area contributed by atoms with Crippen molar-refractivity contribution in [3.63, 3.8) is 0 Å². The molecular formula is C17H15ClN2O2. The highest BCUT2D eigenvalue weighted by atomic mass is 35.5. The second-order valence-electron chi connectivity index (χ2n) is 5.40. The minimum absolute atomic E-state index is 0.00612. The summed E-state index contributed by atoms with van der Waals surface area (Å²) in [5.41, 5.74) is 4.34. The highest BCUT2D eigenvalue weighted by Gasteiger charge is 2.18. The zero-order chi connectivity index (χ0) is 15.7. The lowest BCUT2D eigenvalue weighted by atomic mass is 10.1. The number of halogens is 1. The van der Waals surface area contributed by atoms with Crippen molar-refractivity contribution in [1.82, 2.24) is 0 Å². The number of fused-ring (bicyclic) bond motifs is 1. The molecule has 2 aromatic rings. The van der Waals surface area contributed by atoms with Crippen molar-refractivity contribution in [3.05, 3.63) is 58.1 Å². The lowest BCUT2D eigenvalue weighted by Crippen LogP contribution is -2.15. The van der Waals surface area contributed by atoms with Gasteiger partial charge in [-0.05, 0) is 47.9 Å². The van der Waals surface area contributed by atoms with Crippen molar-refractivity contribution in [2.45, 2.75) is 19.8 Å². The molecule has 5 heteroatoms. The molecule has 0 saturated heterocycles. The van der Waals surface area contributed by atoms with Gasteiger partial charge in [0.05, 0.1) is 12.8 Å². The highest BCUT2D eigenvalue weighted by Crippen LogP contribution is 2.24. The molecule has 4 nitrogen and oxygen atoms in total. The van der Waals surface area contributed by atoms with Gasteiger partial charge < -0.3 is 10.6 Å². The number of hydrogen-bond acceptors (Lipinski definition) is 2. The van der Waals surface area contributed by atoms with Crippen LogP contribution in [0, 0.1) is 6.92 Å². The number of benzene rings is 2. The van der Waals surface area contributed by atoms with E-state index in [4.69, 9.17) is 11.6 Å². The highest BCUT2D eigenvalue weighted by molar-refractivity contribution is 6.30. The Morgan fingerprint density at radius 3 is 2.86 bits per heavy atom. The molecule has 0 aromatic heterocycles. The van der Waals surface area contributed by atoms with E-state index in [9.17, 15) is 9.59 Å². The predicted molar refractivity (Wildman–Crippen MR) is 87.3 cm³/mol. The van der Waals surface area contributed by atoms with Crippen LogP contribution in [-0.2, 0) is 22.4 Å². The van der Waals surface area contributed by atoms with E-state index in [1.54, 1.807) is 12.1 Å². The van der Waals surface area contributed by atoms with E-state index in [1.807, 2.05) is 31.2 Å². The van der Waals surface area contributed by atoms with Crippen LogP contribution in [0.3, 0.4) is 0 Å². The topological polar surface area (TPSA) is 58.2 Å². The smallest absolute Gasteiger partial charge is 0.228 e. The van der Waals surface area contributed by atoms with Gasteiger partial charge in [-0.2, -0.15) is 0 Å². The molecule has 0 aliphatic carbocycles. The van der Waals surface area contributed by atoms with Crippen molar-refractivity contribution >= 4 is 34.8 Å². The summed E-state index contributed by atoms with van der Waals surface area (Å²) in [4.78, 5) is 23.5. The van der Waals surface area contributed by atoms with Gasteiger partial charge in [0, 0.05) is 16.4 Å². The van der Waals surface area contributed by atoms with Gasteiger partial charge in [0.2, 0.25) is 11.8 Å². The van der Waals surface area contributed by atoms with Crippen molar-refractivity contribution in [2.75, 3.05) is 10.6 Å². The number of carbonyl (C=O) groups is 2. The van der Waals surface area contributed by atoms with Crippen LogP contribution in [0.1, 0.15) is 16.7 Å². The molecule has 112 valence electrons. The van der Waals surface area contributed by atoms with Crippen LogP contribution in [0.5, 0.6) is 0 Å². The van der Waals surface area contributed by atoms with E-state index in [0.717, 1.165) is 28.1 Å². The van der Waals surface area contributed by atoms with Crippen LogP contribution in [0.25, 0.3) is 0 Å². The Balaban J connectivity index is 1.70. The van der Waals surface area contributed by atoms with Gasteiger partial charge in [0.15, 0.2) is 0 Å². The molecule has 0 spiro atoms. The summed E-state index contributed by atoms with van der Waals surface area (Å²) in [5, 5.41) is 6.31. The largest absolute Gasteiger partial charge is 0.326 e. The number of anilines is 2. The lowest BCUT2D eigenvalue weighted by Gasteiger charge is -2.09. The normalized spacial score (nSPS) is 12.7. The average molecular weight is 315 g/mol. The van der Waals surface area contributed by atoms with Crippen LogP contribution >= 0.6 is 11.6 Å². The number of rotatable bonds is 3. The molecule has 2 N–H and O–H groups in total. The van der Waals surface area contributed by atoms with Crippen molar-refractivity contribution in [3.8, 4) is 0 Å². The first-order valence-electron chi connectivity index (χ1n) is 6.99. The third-order valence-corrected chi connectivity index (χ3v) is 3.86. The summed E-state index contributed by atoms with van der Waals surface area (Å²) in [7, 11) is 0. The summed E-state index contributed by atoms with van der Waals surface area (Å²) in [6.45, 7) is 1.90. The van der Waals surface area contributed by atoms with Gasteiger partial charge in [0.25, 0.3) is 0 Å². The van der Waals surface area contributed by atoms with Gasteiger partial charge in [-0.1, -0.05) is 23.7 Å². The third kappa shape index (κ3) is 3.12. The molecule has 0 radical (unpaired) electrons. The SMILES string of the molecule is Cc1cc(Cl)ccc1NC(=O)Cc1ccc2c(c1)CC(=O)N2. The summed E-state index contributed by atoms with van der Waals surface area (Å²) < 4.78 is 0. The van der Waals surface area contributed by atoms with E-state index >= 15 is 0 Å². The van der Waals surface area contributed by atoms with E-state index in [-0.39, 0.29) is 18.2 Å². The average Bonchev–Trinajstić information content (AvgIpc) is 2.81. The summed E-state index contributed by atoms with van der Waals surface area (Å²) in [5.74, 6) is -0.101. The van der Waals surface area contributed by atoms with Gasteiger partial charge in [-0.25, -0.2) is 0 Å². The van der Waals surface area contributed by atoms with E-state index < -0.39 is 0 Å². The van der Waals surface area contributed by atoms with Crippen LogP contribution in [0.15, 0.2) is 36.4 Å². The Bertz CT molecular complexity index is 771. The number of nitrogens with one attached hydrogen (secondary N) is 2. The molecule has 3 rings (SSSR count). The van der Waals surface area contributed by atoms with Crippen LogP contribution in [0.4, 0.5) is 11.4 Å². The Morgan fingerprint density at radius 2 is 2.09 bits per heavy atom. The maximum absolute atomic E-state index is 12.2. The summed E-state index contributed by atoms with van der Waals surface area (Å²) in [6.07, 6.45) is 0.643. The second kappa shape index (κ2) is 5.81. The summed E-state index contributed by atoms with van der Waals surface area (Å²) in [6, 6.07) is 11.0. The van der Waals surface area contributed by atoms with Gasteiger partial charge in [-0.15, -0.1) is 0 Å². The Morgan fingerprint density at radius 1 is 1.27 bits per heavy atom. The predicted octanol–water partition coefficient (Wildman–Crippen LogP) is 3.32. The molecule has 2 aromatic carbocycles. The van der Waals surface area contributed by atoms with Crippen LogP contribution in [-0.4, -0.2) is 11.8 Å². The molecule has 2 amide bonds. The van der Waals surface area contributed by atoms with Crippen LogP contribution in [0.2, 0.25) is 5.02 Å². The zero-order valence-electron chi connectivity index (χ0n) is 12.1. The fourth-order valence-corrected chi connectivity index (χ4v) is 2.77. The molecule has 0 bridgehead atoms. The first kappa shape index (κ1) is 14.6. The number of hydrogen-bond donors (Lipinski definition) is 2. The molecule has 0 fully saturated rings. The molecule has 1 aliphatic heterocycles. The maximum Gasteiger partial charge on any atom is 0.228 e. The Kier molecular flexibility index (Phi) is 3.86. The van der Waals surface area contributed by atoms with Gasteiger partial charge >= 0.3 is 0 Å². The molecule has 0 atom stereocenters. The van der Waals surface area contributed by atoms with Gasteiger partial charge in [0.1, 0.15) is 0 Å². The molecule has 1 heterocycles. The number of aryl methyl sites for hydroxylation is 1. The monoisotopic (exact) mass is 314 g/mol. The van der Waals surface area contributed by atoms with E-state index in [1.165, 1.54) is 0 Å². The maximum atomic E-state index is 12.2. The standard InChI is InChI=1S/C17H15ClN2O2/c1-10-6-13(18)3-5-14(10)19-16(21)8-11-2-4-15-12(7-11)9-17(22)20-15/h2-7H,8-9H2,1H3,(H,19,21)(H,20,22). The lowest BCUT2D eigenvalue weighted by molar-refractivity contribution is -0.116.